The number of hydrogen-bond donors (Lipinski definition) is 1. The lowest BCUT2D eigenvalue weighted by molar-refractivity contribution is -0.121. The molecule has 0 saturated carbocycles. The van der Waals surface area contributed by atoms with E-state index in [-0.39, 0.29) is 11.8 Å². The van der Waals surface area contributed by atoms with Crippen LogP contribution >= 0.6 is 0 Å². The highest BCUT2D eigenvalue weighted by Gasteiger charge is 2.17. The number of anilines is 1. The van der Waals surface area contributed by atoms with Crippen LogP contribution in [0.25, 0.3) is 0 Å². The van der Waals surface area contributed by atoms with Crippen molar-refractivity contribution in [3.8, 4) is 11.5 Å². The Bertz CT molecular complexity index is 787. The number of hydrogen-bond acceptors (Lipinski definition) is 4. The van der Waals surface area contributed by atoms with E-state index >= 15 is 0 Å². The lowest BCUT2D eigenvalue weighted by Crippen LogP contribution is -2.38. The van der Waals surface area contributed by atoms with Crippen molar-refractivity contribution >= 4 is 17.5 Å². The number of aryl methyl sites for hydroxylation is 1. The number of methoxy groups -OCH3 is 2. The number of benzene rings is 2. The predicted octanol–water partition coefficient (Wildman–Crippen LogP) is 2.72. The number of nitrogens with zero attached hydrogens (tertiary/aromatic N) is 1. The molecule has 0 bridgehead atoms. The Labute approximate surface area is 160 Å². The third-order valence-corrected chi connectivity index (χ3v) is 4.20. The summed E-state index contributed by atoms with van der Waals surface area (Å²) in [6.45, 7) is 4.16. The Kier molecular flexibility index (Phi) is 7.23. The summed E-state index contributed by atoms with van der Waals surface area (Å²) >= 11 is 0. The maximum Gasteiger partial charge on any atom is 0.224 e. The molecule has 0 atom stereocenters. The molecule has 2 rings (SSSR count). The molecule has 6 nitrogen and oxygen atoms in total. The lowest BCUT2D eigenvalue weighted by Gasteiger charge is -2.24. The molecule has 6 heteroatoms. The smallest absolute Gasteiger partial charge is 0.224 e. The molecule has 144 valence electrons. The Hall–Kier alpha value is -3.02. The van der Waals surface area contributed by atoms with Crippen LogP contribution < -0.4 is 19.7 Å². The summed E-state index contributed by atoms with van der Waals surface area (Å²) in [7, 11) is 3.11. The van der Waals surface area contributed by atoms with E-state index in [1.54, 1.807) is 37.3 Å². The van der Waals surface area contributed by atoms with Crippen LogP contribution in [0.1, 0.15) is 18.1 Å². The van der Waals surface area contributed by atoms with Gasteiger partial charge in [-0.3, -0.25) is 9.59 Å². The zero-order valence-electron chi connectivity index (χ0n) is 16.2. The molecule has 0 aliphatic carbocycles. The maximum absolute atomic E-state index is 12.1. The van der Waals surface area contributed by atoms with Gasteiger partial charge in [0.2, 0.25) is 11.8 Å². The number of amides is 2. The Morgan fingerprint density at radius 1 is 1.04 bits per heavy atom. The second-order valence-corrected chi connectivity index (χ2v) is 6.22. The summed E-state index contributed by atoms with van der Waals surface area (Å²) in [5.41, 5.74) is 2.72. The average Bonchev–Trinajstić information content (AvgIpc) is 2.66. The number of nitrogens with one attached hydrogen (secondary N) is 1. The fraction of sp³-hybridized carbons (Fsp3) is 0.333. The first kappa shape index (κ1) is 20.3. The van der Waals surface area contributed by atoms with E-state index in [1.165, 1.54) is 6.92 Å². The van der Waals surface area contributed by atoms with Crippen LogP contribution in [-0.4, -0.2) is 39.1 Å². The molecule has 0 fully saturated rings. The summed E-state index contributed by atoms with van der Waals surface area (Å²) in [5.74, 6) is 0.965. The van der Waals surface area contributed by atoms with E-state index in [0.29, 0.717) is 36.7 Å². The minimum Gasteiger partial charge on any atom is -0.497 e. The van der Waals surface area contributed by atoms with Crippen LogP contribution in [0.2, 0.25) is 0 Å². The molecule has 27 heavy (non-hydrogen) atoms. The molecule has 1 N–H and O–H groups in total. The van der Waals surface area contributed by atoms with Crippen LogP contribution in [0.3, 0.4) is 0 Å². The molecule has 2 amide bonds. The Morgan fingerprint density at radius 3 is 2.33 bits per heavy atom. The quantitative estimate of drug-likeness (QED) is 0.776. The van der Waals surface area contributed by atoms with Crippen molar-refractivity contribution in [2.24, 2.45) is 0 Å². The Morgan fingerprint density at radius 2 is 1.74 bits per heavy atom. The number of carbonyl (C=O) groups is 2. The van der Waals surface area contributed by atoms with Gasteiger partial charge in [0.15, 0.2) is 0 Å². The minimum absolute atomic E-state index is 0.0834. The van der Waals surface area contributed by atoms with Gasteiger partial charge in [-0.15, -0.1) is 0 Å². The van der Waals surface area contributed by atoms with Gasteiger partial charge in [0.05, 0.1) is 26.3 Å². The molecular weight excluding hydrogens is 344 g/mol. The van der Waals surface area contributed by atoms with E-state index in [1.807, 2.05) is 31.2 Å². The fourth-order valence-corrected chi connectivity index (χ4v) is 2.72. The molecule has 0 aliphatic heterocycles. The van der Waals surface area contributed by atoms with Crippen molar-refractivity contribution in [2.75, 3.05) is 32.2 Å². The maximum atomic E-state index is 12.1. The van der Waals surface area contributed by atoms with Gasteiger partial charge in [0.1, 0.15) is 11.5 Å². The number of carbonyl (C=O) groups excluding carboxylic acids is 2. The van der Waals surface area contributed by atoms with Gasteiger partial charge >= 0.3 is 0 Å². The van der Waals surface area contributed by atoms with Gasteiger partial charge in [-0.2, -0.15) is 0 Å². The average molecular weight is 370 g/mol. The summed E-state index contributed by atoms with van der Waals surface area (Å²) < 4.78 is 10.6. The van der Waals surface area contributed by atoms with Crippen LogP contribution in [0, 0.1) is 6.92 Å². The largest absolute Gasteiger partial charge is 0.497 e. The standard InChI is InChI=1S/C21H26N2O4/c1-15-5-7-17(8-6-15)13-21(25)22-11-12-23(16(2)24)19-14-18(26-3)9-10-20(19)27-4/h5-10,14H,11-13H2,1-4H3,(H,22,25). The van der Waals surface area contributed by atoms with Gasteiger partial charge < -0.3 is 19.7 Å². The normalized spacial score (nSPS) is 10.2. The van der Waals surface area contributed by atoms with E-state index in [9.17, 15) is 9.59 Å². The molecule has 0 saturated heterocycles. The highest BCUT2D eigenvalue weighted by atomic mass is 16.5. The summed E-state index contributed by atoms with van der Waals surface area (Å²) in [4.78, 5) is 25.8. The molecule has 2 aromatic carbocycles. The highest BCUT2D eigenvalue weighted by molar-refractivity contribution is 5.93. The Balaban J connectivity index is 1.99. The number of rotatable bonds is 8. The summed E-state index contributed by atoms with van der Waals surface area (Å²) in [5, 5.41) is 2.86. The zero-order chi connectivity index (χ0) is 19.8. The third kappa shape index (κ3) is 5.74. The van der Waals surface area contributed by atoms with Gasteiger partial charge in [0.25, 0.3) is 0 Å². The second kappa shape index (κ2) is 9.62. The van der Waals surface area contributed by atoms with Crippen molar-refractivity contribution < 1.29 is 19.1 Å². The molecule has 0 spiro atoms. The first-order valence-electron chi connectivity index (χ1n) is 8.77. The fourth-order valence-electron chi connectivity index (χ4n) is 2.72. The molecule has 2 aromatic rings. The van der Waals surface area contributed by atoms with Gasteiger partial charge in [-0.25, -0.2) is 0 Å². The topological polar surface area (TPSA) is 67.9 Å². The van der Waals surface area contributed by atoms with E-state index in [4.69, 9.17) is 9.47 Å². The lowest BCUT2D eigenvalue weighted by atomic mass is 10.1. The minimum atomic E-state index is -0.144. The van der Waals surface area contributed by atoms with Crippen molar-refractivity contribution in [1.29, 1.82) is 0 Å². The second-order valence-electron chi connectivity index (χ2n) is 6.22. The van der Waals surface area contributed by atoms with Crippen molar-refractivity contribution in [3.63, 3.8) is 0 Å². The highest BCUT2D eigenvalue weighted by Crippen LogP contribution is 2.32. The molecule has 0 heterocycles. The van der Waals surface area contributed by atoms with Gasteiger partial charge in [0, 0.05) is 26.1 Å². The van der Waals surface area contributed by atoms with Crippen LogP contribution in [-0.2, 0) is 16.0 Å². The monoisotopic (exact) mass is 370 g/mol. The van der Waals surface area contributed by atoms with Crippen LogP contribution in [0.5, 0.6) is 11.5 Å². The van der Waals surface area contributed by atoms with E-state index < -0.39 is 0 Å². The SMILES string of the molecule is COc1ccc(OC)c(N(CCNC(=O)Cc2ccc(C)cc2)C(C)=O)c1. The molecular formula is C21H26N2O4. The van der Waals surface area contributed by atoms with Crippen molar-refractivity contribution in [2.45, 2.75) is 20.3 Å². The molecule has 0 aliphatic rings. The van der Waals surface area contributed by atoms with Crippen molar-refractivity contribution in [1.82, 2.24) is 5.32 Å². The predicted molar refractivity (Wildman–Crippen MR) is 105 cm³/mol. The van der Waals surface area contributed by atoms with Crippen molar-refractivity contribution in [3.05, 3.63) is 53.6 Å². The summed E-state index contributed by atoms with van der Waals surface area (Å²) in [6.07, 6.45) is 0.308. The van der Waals surface area contributed by atoms with Crippen LogP contribution in [0.15, 0.2) is 42.5 Å². The third-order valence-electron chi connectivity index (χ3n) is 4.20. The van der Waals surface area contributed by atoms with E-state index in [0.717, 1.165) is 11.1 Å². The first-order chi connectivity index (χ1) is 12.9. The van der Waals surface area contributed by atoms with Gasteiger partial charge in [-0.05, 0) is 24.6 Å². The molecule has 0 aromatic heterocycles. The van der Waals surface area contributed by atoms with Crippen LogP contribution in [0.4, 0.5) is 5.69 Å². The molecule has 0 unspecified atom stereocenters. The van der Waals surface area contributed by atoms with Gasteiger partial charge in [-0.1, -0.05) is 29.8 Å². The van der Waals surface area contributed by atoms with E-state index in [2.05, 4.69) is 5.32 Å². The molecule has 0 radical (unpaired) electrons. The number of ether oxygens (including phenoxy) is 2. The first-order valence-corrected chi connectivity index (χ1v) is 8.77. The summed E-state index contributed by atoms with van der Waals surface area (Å²) in [6, 6.07) is 13.1. The zero-order valence-corrected chi connectivity index (χ0v) is 16.2.